The standard InChI is InChI=1S/C15H8F6N2/c16-14(17,18)11-4-2-1-3-10(11)13-12(15(19,20)21)9(5-7-22)6-8-23-13/h1-4,6,8H,5H2. The summed E-state index contributed by atoms with van der Waals surface area (Å²) in [6.45, 7) is 0. The number of halogens is 6. The van der Waals surface area contributed by atoms with Gasteiger partial charge in [0.1, 0.15) is 0 Å². The molecule has 1 heterocycles. The minimum absolute atomic E-state index is 0.415. The van der Waals surface area contributed by atoms with Gasteiger partial charge in [-0.2, -0.15) is 31.6 Å². The van der Waals surface area contributed by atoms with Gasteiger partial charge in [-0.1, -0.05) is 18.2 Å². The average Bonchev–Trinajstić information content (AvgIpc) is 2.45. The SMILES string of the molecule is N#CCc1ccnc(-c2ccccc2C(F)(F)F)c1C(F)(F)F. The molecule has 0 fully saturated rings. The van der Waals surface area contributed by atoms with Crippen LogP contribution in [0, 0.1) is 11.3 Å². The van der Waals surface area contributed by atoms with Gasteiger partial charge in [0.25, 0.3) is 0 Å². The van der Waals surface area contributed by atoms with E-state index < -0.39 is 46.7 Å². The third kappa shape index (κ3) is 3.44. The maximum absolute atomic E-state index is 13.3. The number of pyridine rings is 1. The highest BCUT2D eigenvalue weighted by atomic mass is 19.4. The number of hydrogen-bond donors (Lipinski definition) is 0. The average molecular weight is 330 g/mol. The van der Waals surface area contributed by atoms with Crippen LogP contribution < -0.4 is 0 Å². The van der Waals surface area contributed by atoms with Crippen molar-refractivity contribution in [2.45, 2.75) is 18.8 Å². The van der Waals surface area contributed by atoms with Gasteiger partial charge in [-0.05, 0) is 17.7 Å². The zero-order chi connectivity index (χ0) is 17.3. The topological polar surface area (TPSA) is 36.7 Å². The summed E-state index contributed by atoms with van der Waals surface area (Å²) in [4.78, 5) is 3.50. The minimum Gasteiger partial charge on any atom is -0.256 e. The monoisotopic (exact) mass is 330 g/mol. The molecule has 0 aliphatic carbocycles. The van der Waals surface area contributed by atoms with Crippen molar-refractivity contribution in [1.82, 2.24) is 4.98 Å². The summed E-state index contributed by atoms with van der Waals surface area (Å²) in [6, 6.07) is 6.44. The molecular formula is C15H8F6N2. The van der Waals surface area contributed by atoms with Gasteiger partial charge in [0, 0.05) is 11.8 Å². The smallest absolute Gasteiger partial charge is 0.256 e. The molecule has 0 saturated carbocycles. The number of benzene rings is 1. The van der Waals surface area contributed by atoms with Crippen molar-refractivity contribution in [1.29, 1.82) is 5.26 Å². The second-order valence-corrected chi connectivity index (χ2v) is 4.57. The van der Waals surface area contributed by atoms with Crippen molar-refractivity contribution in [3.8, 4) is 17.3 Å². The van der Waals surface area contributed by atoms with E-state index in [1.165, 1.54) is 6.07 Å². The largest absolute Gasteiger partial charge is 0.418 e. The summed E-state index contributed by atoms with van der Waals surface area (Å²) in [5.41, 5.74) is -4.46. The summed E-state index contributed by atoms with van der Waals surface area (Å²) in [6.07, 6.45) is -9.39. The highest BCUT2D eigenvalue weighted by molar-refractivity contribution is 5.69. The van der Waals surface area contributed by atoms with Gasteiger partial charge >= 0.3 is 12.4 Å². The third-order valence-electron chi connectivity index (χ3n) is 3.08. The minimum atomic E-state index is -4.94. The molecule has 0 saturated heterocycles. The van der Waals surface area contributed by atoms with E-state index >= 15 is 0 Å². The van der Waals surface area contributed by atoms with E-state index in [1.54, 1.807) is 6.07 Å². The maximum atomic E-state index is 13.3. The van der Waals surface area contributed by atoms with Crippen LogP contribution in [0.25, 0.3) is 11.3 Å². The van der Waals surface area contributed by atoms with E-state index in [1.807, 2.05) is 0 Å². The van der Waals surface area contributed by atoms with Gasteiger partial charge < -0.3 is 0 Å². The van der Waals surface area contributed by atoms with Crippen LogP contribution in [-0.4, -0.2) is 4.98 Å². The normalized spacial score (nSPS) is 12.0. The Kier molecular flexibility index (Phi) is 4.32. The number of aromatic nitrogens is 1. The predicted octanol–water partition coefficient (Wildman–Crippen LogP) is 4.85. The quantitative estimate of drug-likeness (QED) is 0.738. The fraction of sp³-hybridized carbons (Fsp3) is 0.200. The molecule has 2 aromatic rings. The van der Waals surface area contributed by atoms with Crippen LogP contribution in [-0.2, 0) is 18.8 Å². The van der Waals surface area contributed by atoms with Gasteiger partial charge in [-0.15, -0.1) is 0 Å². The molecule has 120 valence electrons. The van der Waals surface area contributed by atoms with E-state index in [-0.39, 0.29) is 0 Å². The van der Waals surface area contributed by atoms with Crippen molar-refractivity contribution >= 4 is 0 Å². The Hall–Kier alpha value is -2.56. The van der Waals surface area contributed by atoms with Crippen molar-refractivity contribution in [2.24, 2.45) is 0 Å². The number of alkyl halides is 6. The number of nitrogens with zero attached hydrogens (tertiary/aromatic N) is 2. The Morgan fingerprint density at radius 1 is 0.957 bits per heavy atom. The molecular weight excluding hydrogens is 322 g/mol. The molecule has 0 aliphatic heterocycles. The molecule has 0 radical (unpaired) electrons. The van der Waals surface area contributed by atoms with Gasteiger partial charge in [0.15, 0.2) is 0 Å². The van der Waals surface area contributed by atoms with Gasteiger partial charge in [-0.25, -0.2) is 0 Å². The van der Waals surface area contributed by atoms with Crippen LogP contribution in [0.4, 0.5) is 26.3 Å². The van der Waals surface area contributed by atoms with E-state index in [0.29, 0.717) is 6.07 Å². The van der Waals surface area contributed by atoms with Crippen LogP contribution >= 0.6 is 0 Å². The molecule has 0 aliphatic rings. The molecule has 2 rings (SSSR count). The first-order valence-corrected chi connectivity index (χ1v) is 6.25. The molecule has 2 nitrogen and oxygen atoms in total. The lowest BCUT2D eigenvalue weighted by molar-refractivity contribution is -0.139. The van der Waals surface area contributed by atoms with Crippen LogP contribution in [0.1, 0.15) is 16.7 Å². The lowest BCUT2D eigenvalue weighted by Gasteiger charge is -2.18. The molecule has 0 N–H and O–H groups in total. The van der Waals surface area contributed by atoms with E-state index in [0.717, 1.165) is 24.4 Å². The number of hydrogen-bond acceptors (Lipinski definition) is 2. The Labute approximate surface area is 127 Å². The van der Waals surface area contributed by atoms with Crippen molar-refractivity contribution in [3.63, 3.8) is 0 Å². The fourth-order valence-electron chi connectivity index (χ4n) is 2.19. The molecule has 0 bridgehead atoms. The summed E-state index contributed by atoms with van der Waals surface area (Å²) in [5.74, 6) is 0. The lowest BCUT2D eigenvalue weighted by Crippen LogP contribution is -2.15. The van der Waals surface area contributed by atoms with E-state index in [4.69, 9.17) is 5.26 Å². The summed E-state index contributed by atoms with van der Waals surface area (Å²) < 4.78 is 79.1. The molecule has 1 aromatic heterocycles. The van der Waals surface area contributed by atoms with Crippen LogP contribution in [0.3, 0.4) is 0 Å². The molecule has 0 atom stereocenters. The summed E-state index contributed by atoms with van der Waals surface area (Å²) >= 11 is 0. The molecule has 8 heteroatoms. The zero-order valence-corrected chi connectivity index (χ0v) is 11.3. The zero-order valence-electron chi connectivity index (χ0n) is 11.3. The highest BCUT2D eigenvalue weighted by Crippen LogP contribution is 2.42. The second kappa shape index (κ2) is 5.91. The van der Waals surface area contributed by atoms with Crippen molar-refractivity contribution < 1.29 is 26.3 Å². The summed E-state index contributed by atoms with van der Waals surface area (Å²) in [7, 11) is 0. The number of rotatable bonds is 2. The second-order valence-electron chi connectivity index (χ2n) is 4.57. The first-order valence-electron chi connectivity index (χ1n) is 6.25. The summed E-state index contributed by atoms with van der Waals surface area (Å²) in [5, 5.41) is 8.64. The third-order valence-corrected chi connectivity index (χ3v) is 3.08. The van der Waals surface area contributed by atoms with Crippen molar-refractivity contribution in [3.05, 3.63) is 53.2 Å². The molecule has 0 unspecified atom stereocenters. The van der Waals surface area contributed by atoms with Crippen molar-refractivity contribution in [2.75, 3.05) is 0 Å². The van der Waals surface area contributed by atoms with Crippen LogP contribution in [0.2, 0.25) is 0 Å². The van der Waals surface area contributed by atoms with Gasteiger partial charge in [0.2, 0.25) is 0 Å². The van der Waals surface area contributed by atoms with Crippen LogP contribution in [0.15, 0.2) is 36.5 Å². The Morgan fingerprint density at radius 3 is 2.17 bits per heavy atom. The Morgan fingerprint density at radius 2 is 1.61 bits per heavy atom. The molecule has 23 heavy (non-hydrogen) atoms. The highest BCUT2D eigenvalue weighted by Gasteiger charge is 2.40. The van der Waals surface area contributed by atoms with E-state index in [2.05, 4.69) is 4.98 Å². The van der Waals surface area contributed by atoms with Gasteiger partial charge in [-0.3, -0.25) is 4.98 Å². The Bertz CT molecular complexity index is 756. The fourth-order valence-corrected chi connectivity index (χ4v) is 2.19. The first kappa shape index (κ1) is 16.8. The first-order chi connectivity index (χ1) is 10.7. The molecule has 1 aromatic carbocycles. The Balaban J connectivity index is 2.81. The predicted molar refractivity (Wildman–Crippen MR) is 69.0 cm³/mol. The maximum Gasteiger partial charge on any atom is 0.418 e. The van der Waals surface area contributed by atoms with Gasteiger partial charge in [0.05, 0.1) is 29.3 Å². The lowest BCUT2D eigenvalue weighted by atomic mass is 9.95. The van der Waals surface area contributed by atoms with E-state index in [9.17, 15) is 26.3 Å². The molecule has 0 amide bonds. The molecule has 0 spiro atoms. The van der Waals surface area contributed by atoms with Crippen LogP contribution in [0.5, 0.6) is 0 Å². The number of nitriles is 1.